The molecule has 0 radical (unpaired) electrons. The fourth-order valence-electron chi connectivity index (χ4n) is 2.53. The molecule has 1 unspecified atom stereocenters. The normalized spacial score (nSPS) is 19.5. The molecular formula is C14H23ClN2O4S. The van der Waals surface area contributed by atoms with Crippen molar-refractivity contribution in [2.24, 2.45) is 0 Å². The minimum atomic E-state index is -3.36. The predicted molar refractivity (Wildman–Crippen MR) is 88.2 cm³/mol. The Morgan fingerprint density at radius 2 is 2.05 bits per heavy atom. The van der Waals surface area contributed by atoms with Crippen molar-refractivity contribution in [2.45, 2.75) is 6.04 Å². The standard InChI is InChI=1S/C14H22N2O4S.ClH/c1-19-9-10-21(17,18)16-8-7-15-11-13(16)12-5-3-4-6-14(12)20-2;/h3-6,13,15H,7-11H2,1-2H3;1H. The first-order valence-electron chi connectivity index (χ1n) is 6.92. The SMILES string of the molecule is COCCS(=O)(=O)N1CCNCC1c1ccccc1OC.Cl. The maximum Gasteiger partial charge on any atom is 0.217 e. The van der Waals surface area contributed by atoms with Gasteiger partial charge in [-0.2, -0.15) is 4.31 Å². The van der Waals surface area contributed by atoms with Gasteiger partial charge < -0.3 is 14.8 Å². The number of benzene rings is 1. The highest BCUT2D eigenvalue weighted by Gasteiger charge is 2.34. The van der Waals surface area contributed by atoms with Gasteiger partial charge in [-0.15, -0.1) is 12.4 Å². The van der Waals surface area contributed by atoms with Gasteiger partial charge in [0.2, 0.25) is 10.0 Å². The Labute approximate surface area is 138 Å². The molecule has 2 rings (SSSR count). The van der Waals surface area contributed by atoms with Crippen LogP contribution in [0.15, 0.2) is 24.3 Å². The van der Waals surface area contributed by atoms with Gasteiger partial charge in [0, 0.05) is 32.3 Å². The van der Waals surface area contributed by atoms with Crippen molar-refractivity contribution in [1.82, 2.24) is 9.62 Å². The van der Waals surface area contributed by atoms with Crippen LogP contribution < -0.4 is 10.1 Å². The van der Waals surface area contributed by atoms with Crippen LogP contribution in [0.2, 0.25) is 0 Å². The van der Waals surface area contributed by atoms with Crippen LogP contribution in [0, 0.1) is 0 Å². The molecule has 0 spiro atoms. The van der Waals surface area contributed by atoms with Gasteiger partial charge in [-0.25, -0.2) is 8.42 Å². The summed E-state index contributed by atoms with van der Waals surface area (Å²) in [6, 6.07) is 7.28. The van der Waals surface area contributed by atoms with Crippen molar-refractivity contribution in [1.29, 1.82) is 0 Å². The number of hydrogen-bond donors (Lipinski definition) is 1. The molecule has 6 nitrogen and oxygen atoms in total. The third-order valence-electron chi connectivity index (χ3n) is 3.59. The molecule has 1 aliphatic rings. The summed E-state index contributed by atoms with van der Waals surface area (Å²) >= 11 is 0. The summed E-state index contributed by atoms with van der Waals surface area (Å²) in [5, 5.41) is 3.25. The number of sulfonamides is 1. The largest absolute Gasteiger partial charge is 0.496 e. The molecule has 0 aliphatic carbocycles. The second-order valence-electron chi connectivity index (χ2n) is 4.88. The van der Waals surface area contributed by atoms with Crippen molar-refractivity contribution < 1.29 is 17.9 Å². The highest BCUT2D eigenvalue weighted by atomic mass is 35.5. The van der Waals surface area contributed by atoms with Crippen molar-refractivity contribution in [2.75, 3.05) is 46.2 Å². The molecule has 1 saturated heterocycles. The molecule has 22 heavy (non-hydrogen) atoms. The van der Waals surface area contributed by atoms with Gasteiger partial charge in [0.15, 0.2) is 0 Å². The summed E-state index contributed by atoms with van der Waals surface area (Å²) in [4.78, 5) is 0. The van der Waals surface area contributed by atoms with Gasteiger partial charge >= 0.3 is 0 Å². The monoisotopic (exact) mass is 350 g/mol. The van der Waals surface area contributed by atoms with E-state index in [4.69, 9.17) is 9.47 Å². The molecule has 1 N–H and O–H groups in total. The molecule has 8 heteroatoms. The molecular weight excluding hydrogens is 328 g/mol. The number of nitrogens with one attached hydrogen (secondary N) is 1. The van der Waals surface area contributed by atoms with Crippen LogP contribution in [-0.2, 0) is 14.8 Å². The highest BCUT2D eigenvalue weighted by Crippen LogP contribution is 2.31. The van der Waals surface area contributed by atoms with Crippen LogP contribution in [0.3, 0.4) is 0 Å². The van der Waals surface area contributed by atoms with Crippen LogP contribution in [0.4, 0.5) is 0 Å². The summed E-state index contributed by atoms with van der Waals surface area (Å²) in [6.45, 7) is 1.88. The molecule has 1 aromatic carbocycles. The van der Waals surface area contributed by atoms with Crippen LogP contribution in [0.25, 0.3) is 0 Å². The Hall–Kier alpha value is -0.860. The number of hydrogen-bond acceptors (Lipinski definition) is 5. The van der Waals surface area contributed by atoms with Gasteiger partial charge in [-0.05, 0) is 6.07 Å². The summed E-state index contributed by atoms with van der Waals surface area (Å²) in [6.07, 6.45) is 0. The maximum absolute atomic E-state index is 12.5. The molecule has 0 amide bonds. The predicted octanol–water partition coefficient (Wildman–Crippen LogP) is 1.04. The minimum Gasteiger partial charge on any atom is -0.496 e. The Morgan fingerprint density at radius 3 is 2.73 bits per heavy atom. The first-order chi connectivity index (χ1) is 10.1. The van der Waals surface area contributed by atoms with E-state index in [0.717, 1.165) is 5.56 Å². The lowest BCUT2D eigenvalue weighted by Gasteiger charge is -2.36. The summed E-state index contributed by atoms with van der Waals surface area (Å²) in [5.74, 6) is 0.702. The number of ether oxygens (including phenoxy) is 2. The number of nitrogens with zero attached hydrogens (tertiary/aromatic N) is 1. The average Bonchev–Trinajstić information content (AvgIpc) is 2.53. The lowest BCUT2D eigenvalue weighted by Crippen LogP contribution is -2.49. The van der Waals surface area contributed by atoms with Gasteiger partial charge in [-0.1, -0.05) is 18.2 Å². The summed E-state index contributed by atoms with van der Waals surface area (Å²) in [7, 11) is -0.254. The number of methoxy groups -OCH3 is 2. The van der Waals surface area contributed by atoms with E-state index in [-0.39, 0.29) is 30.8 Å². The first-order valence-corrected chi connectivity index (χ1v) is 8.53. The number of rotatable bonds is 6. The quantitative estimate of drug-likeness (QED) is 0.830. The Kier molecular flexibility index (Phi) is 7.58. The molecule has 1 heterocycles. The lowest BCUT2D eigenvalue weighted by molar-refractivity contribution is 0.211. The van der Waals surface area contributed by atoms with E-state index in [2.05, 4.69) is 5.32 Å². The zero-order chi connectivity index (χ0) is 15.3. The third-order valence-corrected chi connectivity index (χ3v) is 5.43. The molecule has 1 aliphatic heterocycles. The zero-order valence-corrected chi connectivity index (χ0v) is 14.5. The number of halogens is 1. The Balaban J connectivity index is 0.00000242. The molecule has 0 aromatic heterocycles. The van der Waals surface area contributed by atoms with E-state index in [1.54, 1.807) is 11.4 Å². The topological polar surface area (TPSA) is 67.9 Å². The van der Waals surface area contributed by atoms with E-state index in [9.17, 15) is 8.42 Å². The van der Waals surface area contributed by atoms with Crippen molar-refractivity contribution in [3.63, 3.8) is 0 Å². The van der Waals surface area contributed by atoms with E-state index in [1.807, 2.05) is 24.3 Å². The van der Waals surface area contributed by atoms with Crippen LogP contribution in [0.1, 0.15) is 11.6 Å². The zero-order valence-electron chi connectivity index (χ0n) is 12.8. The molecule has 1 fully saturated rings. The van der Waals surface area contributed by atoms with E-state index in [0.29, 0.717) is 25.4 Å². The molecule has 1 atom stereocenters. The van der Waals surface area contributed by atoms with Crippen LogP contribution >= 0.6 is 12.4 Å². The summed E-state index contributed by atoms with van der Waals surface area (Å²) < 4.78 is 36.8. The van der Waals surface area contributed by atoms with Crippen molar-refractivity contribution >= 4 is 22.4 Å². The molecule has 126 valence electrons. The number of para-hydroxylation sites is 1. The second-order valence-corrected chi connectivity index (χ2v) is 6.92. The van der Waals surface area contributed by atoms with Gasteiger partial charge in [0.25, 0.3) is 0 Å². The smallest absolute Gasteiger partial charge is 0.217 e. The van der Waals surface area contributed by atoms with Crippen molar-refractivity contribution in [3.8, 4) is 5.75 Å². The third kappa shape index (κ3) is 4.33. The van der Waals surface area contributed by atoms with Gasteiger partial charge in [-0.3, -0.25) is 0 Å². The lowest BCUT2D eigenvalue weighted by atomic mass is 10.0. The maximum atomic E-state index is 12.5. The minimum absolute atomic E-state index is 0. The first kappa shape index (κ1) is 19.2. The average molecular weight is 351 g/mol. The fraction of sp³-hybridized carbons (Fsp3) is 0.571. The van der Waals surface area contributed by atoms with E-state index < -0.39 is 10.0 Å². The molecule has 0 saturated carbocycles. The van der Waals surface area contributed by atoms with Gasteiger partial charge in [0.1, 0.15) is 5.75 Å². The van der Waals surface area contributed by atoms with E-state index in [1.165, 1.54) is 7.11 Å². The molecule has 0 bridgehead atoms. The van der Waals surface area contributed by atoms with E-state index >= 15 is 0 Å². The van der Waals surface area contributed by atoms with Crippen LogP contribution in [0.5, 0.6) is 5.75 Å². The Morgan fingerprint density at radius 1 is 1.32 bits per heavy atom. The summed E-state index contributed by atoms with van der Waals surface area (Å²) in [5.41, 5.74) is 0.883. The van der Waals surface area contributed by atoms with Crippen LogP contribution in [-0.4, -0.2) is 58.9 Å². The highest BCUT2D eigenvalue weighted by molar-refractivity contribution is 7.89. The fourth-order valence-corrected chi connectivity index (χ4v) is 4.09. The molecule has 1 aromatic rings. The number of piperazine rings is 1. The second kappa shape index (κ2) is 8.69. The van der Waals surface area contributed by atoms with Gasteiger partial charge in [0.05, 0.1) is 25.5 Å². The van der Waals surface area contributed by atoms with Crippen molar-refractivity contribution in [3.05, 3.63) is 29.8 Å². The Bertz CT molecular complexity index is 568.